The van der Waals surface area contributed by atoms with Gasteiger partial charge in [0, 0.05) is 10.2 Å². The molecule has 0 atom stereocenters. The Labute approximate surface area is 129 Å². The number of amides is 1. The lowest BCUT2D eigenvalue weighted by atomic mass is 10.3. The fraction of sp³-hybridized carbons (Fsp3) is 0.0833. The van der Waals surface area contributed by atoms with Gasteiger partial charge in [-0.3, -0.25) is 4.79 Å². The maximum Gasteiger partial charge on any atom is 0.250 e. The molecular formula is C12H11BrN2O3S2. The van der Waals surface area contributed by atoms with Crippen molar-refractivity contribution < 1.29 is 13.2 Å². The summed E-state index contributed by atoms with van der Waals surface area (Å²) in [6.07, 6.45) is 0. The van der Waals surface area contributed by atoms with Crippen molar-refractivity contribution in [2.24, 2.45) is 0 Å². The highest BCUT2D eigenvalue weighted by Gasteiger charge is 2.16. The van der Waals surface area contributed by atoms with Gasteiger partial charge < -0.3 is 5.32 Å². The third kappa shape index (κ3) is 4.14. The van der Waals surface area contributed by atoms with Gasteiger partial charge >= 0.3 is 0 Å². The van der Waals surface area contributed by atoms with Gasteiger partial charge in [0.25, 0.3) is 10.0 Å². The number of benzene rings is 1. The van der Waals surface area contributed by atoms with E-state index in [1.807, 2.05) is 6.07 Å². The van der Waals surface area contributed by atoms with E-state index in [-0.39, 0.29) is 10.8 Å². The van der Waals surface area contributed by atoms with Gasteiger partial charge in [0.15, 0.2) is 0 Å². The molecule has 0 saturated heterocycles. The van der Waals surface area contributed by atoms with Gasteiger partial charge in [-0.25, -0.2) is 13.1 Å². The molecule has 0 saturated carbocycles. The maximum atomic E-state index is 11.8. The number of hydrogen-bond acceptors (Lipinski definition) is 4. The zero-order valence-electron chi connectivity index (χ0n) is 10.2. The van der Waals surface area contributed by atoms with Gasteiger partial charge in [-0.05, 0) is 29.6 Å². The number of carbonyl (C=O) groups excluding carboxylic acids is 1. The van der Waals surface area contributed by atoms with E-state index in [4.69, 9.17) is 0 Å². The molecule has 8 heteroatoms. The first-order chi connectivity index (χ1) is 9.47. The van der Waals surface area contributed by atoms with Crippen LogP contribution in [-0.4, -0.2) is 20.9 Å². The molecule has 2 N–H and O–H groups in total. The van der Waals surface area contributed by atoms with Crippen molar-refractivity contribution >= 4 is 48.9 Å². The largest absolute Gasteiger partial charge is 0.325 e. The van der Waals surface area contributed by atoms with Gasteiger partial charge in [-0.1, -0.05) is 28.1 Å². The Morgan fingerprint density at radius 1 is 1.25 bits per heavy atom. The zero-order chi connectivity index (χ0) is 14.6. The molecule has 1 aromatic heterocycles. The lowest BCUT2D eigenvalue weighted by Crippen LogP contribution is -2.32. The maximum absolute atomic E-state index is 11.8. The Morgan fingerprint density at radius 2 is 2.05 bits per heavy atom. The minimum Gasteiger partial charge on any atom is -0.325 e. The van der Waals surface area contributed by atoms with Gasteiger partial charge in [-0.2, -0.15) is 0 Å². The van der Waals surface area contributed by atoms with E-state index in [1.54, 1.807) is 29.6 Å². The summed E-state index contributed by atoms with van der Waals surface area (Å²) in [6.45, 7) is -0.313. The van der Waals surface area contributed by atoms with E-state index in [2.05, 4.69) is 26.0 Å². The number of sulfonamides is 1. The number of nitrogens with one attached hydrogen (secondary N) is 2. The van der Waals surface area contributed by atoms with Crippen LogP contribution < -0.4 is 10.0 Å². The second-order valence-corrected chi connectivity index (χ2v) is 7.67. The third-order valence-electron chi connectivity index (χ3n) is 2.29. The van der Waals surface area contributed by atoms with Crippen LogP contribution in [0, 0.1) is 0 Å². The second kappa shape index (κ2) is 6.49. The summed E-state index contributed by atoms with van der Waals surface area (Å²) in [6, 6.07) is 10.2. The van der Waals surface area contributed by atoms with E-state index in [0.717, 1.165) is 15.8 Å². The molecule has 0 fully saturated rings. The minimum absolute atomic E-state index is 0.188. The molecule has 1 amide bonds. The van der Waals surface area contributed by atoms with Gasteiger partial charge in [0.1, 0.15) is 4.21 Å². The molecule has 1 heterocycles. The Kier molecular flexibility index (Phi) is 4.92. The lowest BCUT2D eigenvalue weighted by Gasteiger charge is -2.07. The van der Waals surface area contributed by atoms with Crippen LogP contribution in [0.4, 0.5) is 5.69 Å². The number of rotatable bonds is 5. The molecule has 20 heavy (non-hydrogen) atoms. The molecule has 0 aliphatic heterocycles. The van der Waals surface area contributed by atoms with E-state index in [1.165, 1.54) is 6.07 Å². The van der Waals surface area contributed by atoms with Gasteiger partial charge in [-0.15, -0.1) is 11.3 Å². The smallest absolute Gasteiger partial charge is 0.250 e. The molecule has 2 aromatic rings. The van der Waals surface area contributed by atoms with E-state index in [0.29, 0.717) is 5.69 Å². The average Bonchev–Trinajstić information content (AvgIpc) is 2.91. The molecule has 0 spiro atoms. The molecular weight excluding hydrogens is 364 g/mol. The van der Waals surface area contributed by atoms with Crippen LogP contribution >= 0.6 is 27.3 Å². The average molecular weight is 375 g/mol. The molecule has 0 aliphatic rings. The topological polar surface area (TPSA) is 75.3 Å². The predicted molar refractivity (Wildman–Crippen MR) is 82.3 cm³/mol. The van der Waals surface area contributed by atoms with Crippen LogP contribution in [0.15, 0.2) is 50.5 Å². The normalized spacial score (nSPS) is 11.2. The molecule has 0 bridgehead atoms. The third-order valence-corrected chi connectivity index (χ3v) is 5.58. The van der Waals surface area contributed by atoms with Crippen molar-refractivity contribution in [1.82, 2.24) is 4.72 Å². The van der Waals surface area contributed by atoms with Crippen molar-refractivity contribution in [2.45, 2.75) is 4.21 Å². The molecule has 1 aromatic carbocycles. The first kappa shape index (κ1) is 15.2. The zero-order valence-corrected chi connectivity index (χ0v) is 13.4. The molecule has 0 unspecified atom stereocenters. The lowest BCUT2D eigenvalue weighted by molar-refractivity contribution is -0.115. The summed E-state index contributed by atoms with van der Waals surface area (Å²) in [5.74, 6) is -0.428. The molecule has 0 radical (unpaired) electrons. The SMILES string of the molecule is O=C(CNS(=O)(=O)c1cccs1)Nc1cccc(Br)c1. The number of carbonyl (C=O) groups is 1. The number of halogens is 1. The highest BCUT2D eigenvalue weighted by molar-refractivity contribution is 9.10. The molecule has 2 rings (SSSR count). The standard InChI is InChI=1S/C12H11BrN2O3S2/c13-9-3-1-4-10(7-9)15-11(16)8-14-20(17,18)12-5-2-6-19-12/h1-7,14H,8H2,(H,15,16). The van der Waals surface area contributed by atoms with Crippen molar-refractivity contribution in [3.8, 4) is 0 Å². The van der Waals surface area contributed by atoms with Gasteiger partial charge in [0.2, 0.25) is 5.91 Å². The fourth-order valence-corrected chi connectivity index (χ4v) is 3.84. The number of thiophene rings is 1. The van der Waals surface area contributed by atoms with E-state index >= 15 is 0 Å². The van der Waals surface area contributed by atoms with Crippen molar-refractivity contribution in [3.05, 3.63) is 46.3 Å². The molecule has 106 valence electrons. The first-order valence-corrected chi connectivity index (χ1v) is 8.71. The Bertz CT molecular complexity index is 699. The summed E-state index contributed by atoms with van der Waals surface area (Å²) in [7, 11) is -3.61. The monoisotopic (exact) mass is 374 g/mol. The highest BCUT2D eigenvalue weighted by Crippen LogP contribution is 2.16. The van der Waals surface area contributed by atoms with Gasteiger partial charge in [0.05, 0.1) is 6.54 Å². The van der Waals surface area contributed by atoms with E-state index < -0.39 is 15.9 Å². The summed E-state index contributed by atoms with van der Waals surface area (Å²) >= 11 is 4.39. The quantitative estimate of drug-likeness (QED) is 0.843. The summed E-state index contributed by atoms with van der Waals surface area (Å²) in [4.78, 5) is 11.7. The van der Waals surface area contributed by atoms with E-state index in [9.17, 15) is 13.2 Å². The minimum atomic E-state index is -3.61. The van der Waals surface area contributed by atoms with Crippen LogP contribution in [-0.2, 0) is 14.8 Å². The summed E-state index contributed by atoms with van der Waals surface area (Å²) < 4.78 is 26.9. The van der Waals surface area contributed by atoms with Crippen LogP contribution in [0.2, 0.25) is 0 Å². The van der Waals surface area contributed by atoms with Crippen molar-refractivity contribution in [2.75, 3.05) is 11.9 Å². The number of anilines is 1. The second-order valence-electron chi connectivity index (χ2n) is 3.82. The van der Waals surface area contributed by atoms with Crippen molar-refractivity contribution in [1.29, 1.82) is 0 Å². The predicted octanol–water partition coefficient (Wildman–Crippen LogP) is 2.43. The van der Waals surface area contributed by atoms with Crippen LogP contribution in [0.3, 0.4) is 0 Å². The highest BCUT2D eigenvalue weighted by atomic mass is 79.9. The van der Waals surface area contributed by atoms with Crippen LogP contribution in [0.5, 0.6) is 0 Å². The summed E-state index contributed by atoms with van der Waals surface area (Å²) in [5.41, 5.74) is 0.597. The van der Waals surface area contributed by atoms with Crippen LogP contribution in [0.25, 0.3) is 0 Å². The molecule has 0 aliphatic carbocycles. The van der Waals surface area contributed by atoms with Crippen LogP contribution in [0.1, 0.15) is 0 Å². The Morgan fingerprint density at radius 3 is 2.70 bits per heavy atom. The fourth-order valence-electron chi connectivity index (χ4n) is 1.42. The Hall–Kier alpha value is -1.22. The number of hydrogen-bond donors (Lipinski definition) is 2. The first-order valence-electron chi connectivity index (χ1n) is 5.56. The summed E-state index contributed by atoms with van der Waals surface area (Å²) in [5, 5.41) is 4.27. The Balaban J connectivity index is 1.93. The van der Waals surface area contributed by atoms with Crippen molar-refractivity contribution in [3.63, 3.8) is 0 Å². The molecule has 5 nitrogen and oxygen atoms in total.